The third-order valence-electron chi connectivity index (χ3n) is 2.75. The number of rotatable bonds is 7. The van der Waals surface area contributed by atoms with Gasteiger partial charge in [0.2, 0.25) is 0 Å². The van der Waals surface area contributed by atoms with Crippen LogP contribution in [0.2, 0.25) is 0 Å². The monoisotopic (exact) mass is 366 g/mol. The lowest BCUT2D eigenvalue weighted by molar-refractivity contribution is 0.607. The molecule has 0 nitrogen and oxygen atoms in total. The van der Waals surface area contributed by atoms with Gasteiger partial charge in [0, 0.05) is 9.70 Å². The van der Waals surface area contributed by atoms with Gasteiger partial charge in [-0.1, -0.05) is 55.0 Å². The molecule has 1 heterocycles. The first kappa shape index (κ1) is 14.7. The zero-order valence-corrected chi connectivity index (χ0v) is 14.1. The van der Waals surface area contributed by atoms with E-state index in [0.717, 1.165) is 0 Å². The van der Waals surface area contributed by atoms with E-state index in [2.05, 4.69) is 51.8 Å². The Balaban J connectivity index is 2.27. The van der Waals surface area contributed by atoms with Crippen LogP contribution in [0.4, 0.5) is 0 Å². The first-order valence-corrected chi connectivity index (χ1v) is 8.57. The smallest absolute Gasteiger partial charge is 0.0730 e. The number of unbranched alkanes of at least 4 members (excludes halogenated alkanes) is 4. The topological polar surface area (TPSA) is 0 Å². The summed E-state index contributed by atoms with van der Waals surface area (Å²) < 4.78 is 1.28. The molecule has 16 heavy (non-hydrogen) atoms. The Kier molecular flexibility index (Phi) is 7.25. The minimum absolute atomic E-state index is 0.545. The van der Waals surface area contributed by atoms with Crippen molar-refractivity contribution in [2.45, 2.75) is 57.2 Å². The zero-order chi connectivity index (χ0) is 12.0. The summed E-state index contributed by atoms with van der Waals surface area (Å²) in [5.41, 5.74) is 1.36. The summed E-state index contributed by atoms with van der Waals surface area (Å²) >= 11 is 9.24. The molecule has 0 saturated heterocycles. The maximum Gasteiger partial charge on any atom is 0.0730 e. The van der Waals surface area contributed by atoms with E-state index in [1.165, 1.54) is 52.8 Å². The molecule has 0 radical (unpaired) electrons. The standard InChI is InChI=1S/C13H20Br2S/c1-3-4-5-6-7-8-11(14)12-9-10(2)13(15)16-12/h9,11H,3-8H2,1-2H3. The van der Waals surface area contributed by atoms with Crippen LogP contribution in [0.3, 0.4) is 0 Å². The molecule has 0 aliphatic heterocycles. The van der Waals surface area contributed by atoms with Crippen molar-refractivity contribution in [2.75, 3.05) is 0 Å². The molecule has 0 N–H and O–H groups in total. The van der Waals surface area contributed by atoms with Crippen molar-refractivity contribution in [3.05, 3.63) is 20.3 Å². The summed E-state index contributed by atoms with van der Waals surface area (Å²) in [4.78, 5) is 2.00. The molecule has 0 aromatic carbocycles. The van der Waals surface area contributed by atoms with E-state index < -0.39 is 0 Å². The molecular weight excluding hydrogens is 348 g/mol. The Morgan fingerprint density at radius 3 is 2.50 bits per heavy atom. The molecule has 0 aliphatic rings. The molecule has 3 heteroatoms. The average Bonchev–Trinajstić information content (AvgIpc) is 2.59. The third kappa shape index (κ3) is 4.89. The summed E-state index contributed by atoms with van der Waals surface area (Å²) in [6.07, 6.45) is 8.08. The molecule has 0 fully saturated rings. The fraction of sp³-hybridized carbons (Fsp3) is 0.692. The normalized spacial score (nSPS) is 13.0. The van der Waals surface area contributed by atoms with E-state index in [-0.39, 0.29) is 0 Å². The summed E-state index contributed by atoms with van der Waals surface area (Å²) in [6.45, 7) is 4.42. The summed E-state index contributed by atoms with van der Waals surface area (Å²) in [6, 6.07) is 2.29. The van der Waals surface area contributed by atoms with E-state index in [1.54, 1.807) is 0 Å². The first-order valence-electron chi connectivity index (χ1n) is 6.05. The third-order valence-corrected chi connectivity index (χ3v) is 6.25. The second kappa shape index (κ2) is 7.88. The van der Waals surface area contributed by atoms with Gasteiger partial charge in [0.1, 0.15) is 0 Å². The van der Waals surface area contributed by atoms with Crippen LogP contribution in [0.5, 0.6) is 0 Å². The molecular formula is C13H20Br2S. The van der Waals surface area contributed by atoms with Gasteiger partial charge in [-0.2, -0.15) is 0 Å². The highest BCUT2D eigenvalue weighted by Gasteiger charge is 2.11. The summed E-state index contributed by atoms with van der Waals surface area (Å²) in [7, 11) is 0. The Morgan fingerprint density at radius 1 is 1.25 bits per heavy atom. The molecule has 0 spiro atoms. The number of thiophene rings is 1. The van der Waals surface area contributed by atoms with Crippen LogP contribution in [0.1, 0.15) is 60.7 Å². The number of halogens is 2. The van der Waals surface area contributed by atoms with Gasteiger partial charge >= 0.3 is 0 Å². The van der Waals surface area contributed by atoms with Crippen molar-refractivity contribution in [3.63, 3.8) is 0 Å². The largest absolute Gasteiger partial charge is 0.132 e. The van der Waals surface area contributed by atoms with Gasteiger partial charge in [0.05, 0.1) is 3.79 Å². The van der Waals surface area contributed by atoms with Gasteiger partial charge in [-0.05, 0) is 40.9 Å². The van der Waals surface area contributed by atoms with Crippen molar-refractivity contribution in [3.8, 4) is 0 Å². The quantitative estimate of drug-likeness (QED) is 0.375. The fourth-order valence-corrected chi connectivity index (χ4v) is 4.03. The minimum atomic E-state index is 0.545. The van der Waals surface area contributed by atoms with Gasteiger partial charge in [-0.3, -0.25) is 0 Å². The number of alkyl halides is 1. The molecule has 1 rings (SSSR count). The van der Waals surface area contributed by atoms with Crippen molar-refractivity contribution < 1.29 is 0 Å². The average molecular weight is 368 g/mol. The Morgan fingerprint density at radius 2 is 1.94 bits per heavy atom. The maximum atomic E-state index is 3.79. The molecule has 92 valence electrons. The fourth-order valence-electron chi connectivity index (χ4n) is 1.71. The lowest BCUT2D eigenvalue weighted by atomic mass is 10.1. The molecule has 0 bridgehead atoms. The van der Waals surface area contributed by atoms with Crippen molar-refractivity contribution in [1.29, 1.82) is 0 Å². The second-order valence-electron chi connectivity index (χ2n) is 4.28. The van der Waals surface area contributed by atoms with E-state index in [9.17, 15) is 0 Å². The Hall–Kier alpha value is 0.660. The SMILES string of the molecule is CCCCCCCC(Br)c1cc(C)c(Br)s1. The Labute approximate surface area is 120 Å². The van der Waals surface area contributed by atoms with Gasteiger partial charge in [-0.15, -0.1) is 11.3 Å². The van der Waals surface area contributed by atoms with Crippen molar-refractivity contribution in [2.24, 2.45) is 0 Å². The zero-order valence-electron chi connectivity index (χ0n) is 10.1. The van der Waals surface area contributed by atoms with Crippen LogP contribution in [0.25, 0.3) is 0 Å². The molecule has 0 aliphatic carbocycles. The highest BCUT2D eigenvalue weighted by Crippen LogP contribution is 2.37. The summed E-state index contributed by atoms with van der Waals surface area (Å²) in [5.74, 6) is 0. The number of aryl methyl sites for hydroxylation is 1. The van der Waals surface area contributed by atoms with Crippen LogP contribution in [-0.2, 0) is 0 Å². The maximum absolute atomic E-state index is 3.79. The van der Waals surface area contributed by atoms with Crippen LogP contribution < -0.4 is 0 Å². The van der Waals surface area contributed by atoms with Gasteiger partial charge < -0.3 is 0 Å². The first-order chi connectivity index (χ1) is 7.65. The molecule has 1 aromatic heterocycles. The van der Waals surface area contributed by atoms with E-state index in [4.69, 9.17) is 0 Å². The van der Waals surface area contributed by atoms with E-state index >= 15 is 0 Å². The van der Waals surface area contributed by atoms with Gasteiger partial charge in [0.15, 0.2) is 0 Å². The van der Waals surface area contributed by atoms with Crippen LogP contribution >= 0.6 is 43.2 Å². The molecule has 0 amide bonds. The highest BCUT2D eigenvalue weighted by molar-refractivity contribution is 9.11. The molecule has 1 atom stereocenters. The van der Waals surface area contributed by atoms with Crippen LogP contribution in [-0.4, -0.2) is 0 Å². The Bertz CT molecular complexity index is 287. The van der Waals surface area contributed by atoms with Crippen LogP contribution in [0, 0.1) is 6.92 Å². The molecule has 0 saturated carbocycles. The van der Waals surface area contributed by atoms with Crippen molar-refractivity contribution in [1.82, 2.24) is 0 Å². The highest BCUT2D eigenvalue weighted by atomic mass is 79.9. The van der Waals surface area contributed by atoms with Gasteiger partial charge in [0.25, 0.3) is 0 Å². The molecule has 1 aromatic rings. The predicted molar refractivity (Wildman–Crippen MR) is 81.8 cm³/mol. The summed E-state index contributed by atoms with van der Waals surface area (Å²) in [5, 5.41) is 0. The predicted octanol–water partition coefficient (Wildman–Crippen LogP) is 6.62. The lowest BCUT2D eigenvalue weighted by Crippen LogP contribution is -1.87. The minimum Gasteiger partial charge on any atom is -0.132 e. The number of hydrogen-bond donors (Lipinski definition) is 0. The molecule has 1 unspecified atom stereocenters. The van der Waals surface area contributed by atoms with Gasteiger partial charge in [-0.25, -0.2) is 0 Å². The van der Waals surface area contributed by atoms with Crippen LogP contribution in [0.15, 0.2) is 9.85 Å². The van der Waals surface area contributed by atoms with E-state index in [1.807, 2.05) is 11.3 Å². The van der Waals surface area contributed by atoms with E-state index in [0.29, 0.717) is 4.83 Å². The lowest BCUT2D eigenvalue weighted by Gasteiger charge is -2.06. The van der Waals surface area contributed by atoms with Crippen molar-refractivity contribution >= 4 is 43.2 Å². The number of hydrogen-bond acceptors (Lipinski definition) is 1. The second-order valence-corrected chi connectivity index (χ2v) is 7.78.